The summed E-state index contributed by atoms with van der Waals surface area (Å²) in [6.07, 6.45) is 22.0. The Morgan fingerprint density at radius 1 is 0.667 bits per heavy atom. The van der Waals surface area contributed by atoms with Crippen molar-refractivity contribution in [2.75, 3.05) is 12.4 Å². The first-order chi connectivity index (χ1) is 11.8. The van der Waals surface area contributed by atoms with Gasteiger partial charge in [0.1, 0.15) is 0 Å². The molecule has 0 unspecified atom stereocenters. The van der Waals surface area contributed by atoms with E-state index in [4.69, 9.17) is 11.6 Å². The van der Waals surface area contributed by atoms with E-state index in [2.05, 4.69) is 12.2 Å². The van der Waals surface area contributed by atoms with Gasteiger partial charge in [-0.15, -0.1) is 11.6 Å². The van der Waals surface area contributed by atoms with Gasteiger partial charge in [0.05, 0.1) is 0 Å². The van der Waals surface area contributed by atoms with Crippen LogP contribution in [0.5, 0.6) is 0 Å². The second-order valence-electron chi connectivity index (χ2n) is 7.09. The highest BCUT2D eigenvalue weighted by molar-refractivity contribution is 6.17. The second-order valence-corrected chi connectivity index (χ2v) is 7.47. The molecule has 0 aliphatic rings. The molecule has 0 aromatic carbocycles. The van der Waals surface area contributed by atoms with Crippen molar-refractivity contribution in [3.63, 3.8) is 0 Å². The van der Waals surface area contributed by atoms with Crippen molar-refractivity contribution in [3.05, 3.63) is 0 Å². The van der Waals surface area contributed by atoms with E-state index in [1.54, 1.807) is 0 Å². The third-order valence-corrected chi connectivity index (χ3v) is 4.91. The zero-order chi connectivity index (χ0) is 17.7. The van der Waals surface area contributed by atoms with Crippen LogP contribution >= 0.6 is 11.6 Å². The largest absolute Gasteiger partial charge is 0.356 e. The Morgan fingerprint density at radius 2 is 1.08 bits per heavy atom. The Bertz CT molecular complexity index is 258. The molecule has 0 aromatic rings. The molecule has 0 aliphatic heterocycles. The summed E-state index contributed by atoms with van der Waals surface area (Å²) in [5.74, 6) is 0.814. The molecule has 1 amide bonds. The van der Waals surface area contributed by atoms with Crippen LogP contribution in [0.15, 0.2) is 0 Å². The molecule has 0 saturated heterocycles. The number of carbonyl (C=O) groups is 1. The van der Waals surface area contributed by atoms with Gasteiger partial charge in [-0.25, -0.2) is 0 Å². The molecule has 0 aromatic heterocycles. The summed E-state index contributed by atoms with van der Waals surface area (Å²) in [7, 11) is 0. The van der Waals surface area contributed by atoms with Gasteiger partial charge in [0.15, 0.2) is 0 Å². The van der Waals surface area contributed by atoms with E-state index in [0.29, 0.717) is 12.3 Å². The number of amides is 1. The fourth-order valence-corrected chi connectivity index (χ4v) is 3.17. The molecule has 0 radical (unpaired) electrons. The van der Waals surface area contributed by atoms with Crippen LogP contribution in [0.25, 0.3) is 0 Å². The van der Waals surface area contributed by atoms with Gasteiger partial charge in [-0.2, -0.15) is 0 Å². The van der Waals surface area contributed by atoms with Gasteiger partial charge in [-0.1, -0.05) is 96.8 Å². The van der Waals surface area contributed by atoms with Gasteiger partial charge < -0.3 is 5.32 Å². The Morgan fingerprint density at radius 3 is 1.50 bits per heavy atom. The van der Waals surface area contributed by atoms with Crippen molar-refractivity contribution < 1.29 is 4.79 Å². The third kappa shape index (κ3) is 19.8. The molecule has 0 atom stereocenters. The van der Waals surface area contributed by atoms with Crippen molar-refractivity contribution in [1.82, 2.24) is 5.32 Å². The maximum Gasteiger partial charge on any atom is 0.219 e. The van der Waals surface area contributed by atoms with Crippen LogP contribution in [0.2, 0.25) is 0 Å². The summed E-state index contributed by atoms with van der Waals surface area (Å²) in [4.78, 5) is 11.5. The van der Waals surface area contributed by atoms with Crippen LogP contribution in [-0.4, -0.2) is 18.3 Å². The minimum Gasteiger partial charge on any atom is -0.356 e. The fourth-order valence-electron chi connectivity index (χ4n) is 3.04. The maximum atomic E-state index is 11.5. The first-order valence-corrected chi connectivity index (χ1v) is 11.2. The summed E-state index contributed by atoms with van der Waals surface area (Å²) in [6, 6.07) is 0. The summed E-state index contributed by atoms with van der Waals surface area (Å²) >= 11 is 5.58. The van der Waals surface area contributed by atoms with Crippen LogP contribution in [0.4, 0.5) is 0 Å². The Labute approximate surface area is 156 Å². The zero-order valence-electron chi connectivity index (χ0n) is 16.2. The maximum absolute atomic E-state index is 11.5. The number of rotatable bonds is 19. The van der Waals surface area contributed by atoms with Crippen molar-refractivity contribution in [3.8, 4) is 0 Å². The van der Waals surface area contributed by atoms with Gasteiger partial charge in [-0.05, 0) is 12.8 Å². The van der Waals surface area contributed by atoms with Crippen molar-refractivity contribution in [2.45, 2.75) is 116 Å². The summed E-state index contributed by atoms with van der Waals surface area (Å²) in [6.45, 7) is 3.00. The first-order valence-electron chi connectivity index (χ1n) is 10.6. The number of nitrogens with one attached hydrogen (secondary N) is 1. The minimum atomic E-state index is 0.190. The van der Waals surface area contributed by atoms with E-state index in [1.807, 2.05) is 0 Å². The molecular formula is C21H42ClNO. The number of alkyl halides is 1. The van der Waals surface area contributed by atoms with Gasteiger partial charge in [0.2, 0.25) is 5.91 Å². The fraction of sp³-hybridized carbons (Fsp3) is 0.952. The second kappa shape index (κ2) is 20.8. The molecule has 0 rings (SSSR count). The van der Waals surface area contributed by atoms with Crippen LogP contribution in [0.1, 0.15) is 116 Å². The highest BCUT2D eigenvalue weighted by Gasteiger charge is 2.00. The molecule has 0 saturated carbocycles. The molecule has 0 aliphatic carbocycles. The molecule has 0 spiro atoms. The standard InChI is InChI=1S/C21H42ClNO/c1-2-3-4-5-6-7-8-9-10-11-12-13-14-15-16-18-21(24)23-20-17-19-22/h2-20H2,1H3,(H,23,24). The molecular weight excluding hydrogens is 318 g/mol. The third-order valence-electron chi connectivity index (χ3n) is 4.64. The SMILES string of the molecule is CCCCCCCCCCCCCCCCCC(=O)NCCCCl. The van der Waals surface area contributed by atoms with Gasteiger partial charge >= 0.3 is 0 Å². The van der Waals surface area contributed by atoms with Gasteiger partial charge in [0, 0.05) is 18.8 Å². The van der Waals surface area contributed by atoms with Crippen molar-refractivity contribution in [2.24, 2.45) is 0 Å². The molecule has 0 bridgehead atoms. The van der Waals surface area contributed by atoms with E-state index in [1.165, 1.54) is 89.9 Å². The number of unbranched alkanes of at least 4 members (excludes halogenated alkanes) is 14. The smallest absolute Gasteiger partial charge is 0.219 e. The van der Waals surface area contributed by atoms with E-state index in [9.17, 15) is 4.79 Å². The molecule has 2 nitrogen and oxygen atoms in total. The average molecular weight is 360 g/mol. The zero-order valence-corrected chi connectivity index (χ0v) is 17.0. The molecule has 144 valence electrons. The lowest BCUT2D eigenvalue weighted by Gasteiger charge is -2.04. The number of carbonyl (C=O) groups excluding carboxylic acids is 1. The minimum absolute atomic E-state index is 0.190. The van der Waals surface area contributed by atoms with Crippen LogP contribution in [0, 0.1) is 0 Å². The van der Waals surface area contributed by atoms with E-state index >= 15 is 0 Å². The lowest BCUT2D eigenvalue weighted by Crippen LogP contribution is -2.24. The predicted molar refractivity (Wildman–Crippen MR) is 108 cm³/mol. The van der Waals surface area contributed by atoms with Crippen molar-refractivity contribution >= 4 is 17.5 Å². The lowest BCUT2D eigenvalue weighted by molar-refractivity contribution is -0.121. The van der Waals surface area contributed by atoms with E-state index < -0.39 is 0 Å². The van der Waals surface area contributed by atoms with E-state index in [-0.39, 0.29) is 5.91 Å². The summed E-state index contributed by atoms with van der Waals surface area (Å²) in [5.41, 5.74) is 0. The normalized spacial score (nSPS) is 10.9. The molecule has 0 heterocycles. The molecule has 24 heavy (non-hydrogen) atoms. The molecule has 0 fully saturated rings. The predicted octanol–water partition coefficient (Wildman–Crippen LogP) is 6.99. The monoisotopic (exact) mass is 359 g/mol. The Hall–Kier alpha value is -0.240. The van der Waals surface area contributed by atoms with Gasteiger partial charge in [0.25, 0.3) is 0 Å². The Kier molecular flexibility index (Phi) is 20.6. The quantitative estimate of drug-likeness (QED) is 0.195. The topological polar surface area (TPSA) is 29.1 Å². The summed E-state index contributed by atoms with van der Waals surface area (Å²) < 4.78 is 0. The number of hydrogen-bond acceptors (Lipinski definition) is 1. The van der Waals surface area contributed by atoms with E-state index in [0.717, 1.165) is 19.4 Å². The Balaban J connectivity index is 3.06. The van der Waals surface area contributed by atoms with Crippen LogP contribution in [-0.2, 0) is 4.79 Å². The van der Waals surface area contributed by atoms with Crippen LogP contribution in [0.3, 0.4) is 0 Å². The van der Waals surface area contributed by atoms with Crippen LogP contribution < -0.4 is 5.32 Å². The molecule has 1 N–H and O–H groups in total. The first kappa shape index (κ1) is 23.8. The molecule has 3 heteroatoms. The van der Waals surface area contributed by atoms with Crippen molar-refractivity contribution in [1.29, 1.82) is 0 Å². The lowest BCUT2D eigenvalue weighted by atomic mass is 10.0. The highest BCUT2D eigenvalue weighted by Crippen LogP contribution is 2.13. The van der Waals surface area contributed by atoms with Gasteiger partial charge in [-0.3, -0.25) is 4.79 Å². The number of hydrogen-bond donors (Lipinski definition) is 1. The summed E-state index contributed by atoms with van der Waals surface area (Å²) in [5, 5.41) is 2.91. The highest BCUT2D eigenvalue weighted by atomic mass is 35.5. The average Bonchev–Trinajstić information content (AvgIpc) is 2.58. The number of halogens is 1.